The molecule has 1 heterocycles. The van der Waals surface area contributed by atoms with Gasteiger partial charge >= 0.3 is 5.97 Å². The molecule has 1 aromatic rings. The van der Waals surface area contributed by atoms with Crippen molar-refractivity contribution in [3.63, 3.8) is 0 Å². The van der Waals surface area contributed by atoms with Crippen molar-refractivity contribution < 1.29 is 24.4 Å². The molecular weight excluding hydrogens is 318 g/mol. The molecular formula is C15H17N3O6. The number of aliphatic hydroxyl groups excluding tert-OH is 1. The molecule has 0 spiro atoms. The largest absolute Gasteiger partial charge is 0.466 e. The molecule has 0 bridgehead atoms. The highest BCUT2D eigenvalue weighted by Crippen LogP contribution is 2.31. The van der Waals surface area contributed by atoms with Crippen molar-refractivity contribution in [2.75, 3.05) is 32.1 Å². The van der Waals surface area contributed by atoms with E-state index >= 15 is 0 Å². The molecule has 0 radical (unpaired) electrons. The van der Waals surface area contributed by atoms with Crippen LogP contribution < -0.4 is 5.32 Å². The minimum atomic E-state index is -0.706. The number of ether oxygens (including phenoxy) is 1. The molecule has 1 aliphatic heterocycles. The molecule has 1 aromatic carbocycles. The standard InChI is InChI=1S/C15H17N3O6/c1-9-4-3-5-11(18(22)23)12(9)16-13-10(15(21)24-2)8-17(6-7-19)14(13)20/h3-5,16,19H,6-8H2,1-2H3. The van der Waals surface area contributed by atoms with E-state index in [0.29, 0.717) is 5.56 Å². The summed E-state index contributed by atoms with van der Waals surface area (Å²) in [4.78, 5) is 36.2. The highest BCUT2D eigenvalue weighted by Gasteiger charge is 2.35. The lowest BCUT2D eigenvalue weighted by Gasteiger charge is -2.15. The smallest absolute Gasteiger partial charge is 0.337 e. The maximum Gasteiger partial charge on any atom is 0.337 e. The Morgan fingerprint density at radius 3 is 2.79 bits per heavy atom. The van der Waals surface area contributed by atoms with Crippen LogP contribution in [-0.4, -0.2) is 53.6 Å². The lowest BCUT2D eigenvalue weighted by atomic mass is 10.1. The second kappa shape index (κ2) is 7.09. The molecule has 2 N–H and O–H groups in total. The monoisotopic (exact) mass is 335 g/mol. The second-order valence-corrected chi connectivity index (χ2v) is 5.15. The molecule has 128 valence electrons. The van der Waals surface area contributed by atoms with Gasteiger partial charge < -0.3 is 20.1 Å². The number of aryl methyl sites for hydroxylation is 1. The number of nitro groups is 1. The number of rotatable bonds is 6. The average molecular weight is 335 g/mol. The molecule has 2 rings (SSSR count). The number of carbonyl (C=O) groups excluding carboxylic acids is 2. The summed E-state index contributed by atoms with van der Waals surface area (Å²) in [6, 6.07) is 4.49. The quantitative estimate of drug-likeness (QED) is 0.443. The summed E-state index contributed by atoms with van der Waals surface area (Å²) in [6.07, 6.45) is 0. The van der Waals surface area contributed by atoms with Crippen molar-refractivity contribution in [2.24, 2.45) is 0 Å². The number of nitrogens with one attached hydrogen (secondary N) is 1. The highest BCUT2D eigenvalue weighted by atomic mass is 16.6. The third-order valence-corrected chi connectivity index (χ3v) is 3.65. The maximum atomic E-state index is 12.4. The lowest BCUT2D eigenvalue weighted by Crippen LogP contribution is -2.31. The Hall–Kier alpha value is -2.94. The SMILES string of the molecule is COC(=O)C1=C(Nc2c(C)cccc2[N+](=O)[O-])C(=O)N(CCO)C1. The van der Waals surface area contributed by atoms with Crippen molar-refractivity contribution in [3.05, 3.63) is 45.1 Å². The number of β-amino-alcohol motifs (C(OH)–C–C–N with tert-alkyl or cyclic N) is 1. The van der Waals surface area contributed by atoms with E-state index in [1.54, 1.807) is 13.0 Å². The first kappa shape index (κ1) is 17.4. The van der Waals surface area contributed by atoms with Gasteiger partial charge in [0.2, 0.25) is 0 Å². The molecule has 9 heteroatoms. The van der Waals surface area contributed by atoms with E-state index in [1.807, 2.05) is 0 Å². The fourth-order valence-corrected chi connectivity index (χ4v) is 2.44. The van der Waals surface area contributed by atoms with E-state index < -0.39 is 16.8 Å². The Labute approximate surface area is 137 Å². The predicted molar refractivity (Wildman–Crippen MR) is 84.2 cm³/mol. The number of para-hydroxylation sites is 1. The van der Waals surface area contributed by atoms with Gasteiger partial charge in [-0.15, -0.1) is 0 Å². The van der Waals surface area contributed by atoms with Crippen LogP contribution in [-0.2, 0) is 14.3 Å². The van der Waals surface area contributed by atoms with Crippen LogP contribution in [0.5, 0.6) is 0 Å². The van der Waals surface area contributed by atoms with E-state index in [4.69, 9.17) is 5.11 Å². The molecule has 0 saturated heterocycles. The second-order valence-electron chi connectivity index (χ2n) is 5.15. The Bertz CT molecular complexity index is 728. The summed E-state index contributed by atoms with van der Waals surface area (Å²) >= 11 is 0. The van der Waals surface area contributed by atoms with Crippen molar-refractivity contribution in [1.29, 1.82) is 0 Å². The van der Waals surface area contributed by atoms with Crippen LogP contribution >= 0.6 is 0 Å². The number of hydrogen-bond donors (Lipinski definition) is 2. The van der Waals surface area contributed by atoms with Crippen LogP contribution in [0.2, 0.25) is 0 Å². The van der Waals surface area contributed by atoms with E-state index in [9.17, 15) is 19.7 Å². The third-order valence-electron chi connectivity index (χ3n) is 3.65. The van der Waals surface area contributed by atoms with Gasteiger partial charge in [-0.25, -0.2) is 4.79 Å². The zero-order chi connectivity index (χ0) is 17.9. The van der Waals surface area contributed by atoms with Gasteiger partial charge in [-0.2, -0.15) is 0 Å². The average Bonchev–Trinajstić information content (AvgIpc) is 2.85. The first-order chi connectivity index (χ1) is 11.4. The first-order valence-corrected chi connectivity index (χ1v) is 7.13. The molecule has 1 aliphatic rings. The minimum absolute atomic E-state index is 0.0337. The Morgan fingerprint density at radius 2 is 2.21 bits per heavy atom. The number of benzene rings is 1. The highest BCUT2D eigenvalue weighted by molar-refractivity contribution is 6.09. The summed E-state index contributed by atoms with van der Waals surface area (Å²) < 4.78 is 4.67. The van der Waals surface area contributed by atoms with Gasteiger partial charge in [-0.3, -0.25) is 14.9 Å². The Morgan fingerprint density at radius 1 is 1.50 bits per heavy atom. The molecule has 24 heavy (non-hydrogen) atoms. The van der Waals surface area contributed by atoms with Gasteiger partial charge in [0.05, 0.1) is 30.8 Å². The summed E-state index contributed by atoms with van der Waals surface area (Å²) in [5, 5.41) is 22.9. The van der Waals surface area contributed by atoms with Crippen LogP contribution in [0, 0.1) is 17.0 Å². The van der Waals surface area contributed by atoms with Crippen LogP contribution in [0.1, 0.15) is 5.56 Å². The number of carbonyl (C=O) groups is 2. The molecule has 0 aliphatic carbocycles. The fraction of sp³-hybridized carbons (Fsp3) is 0.333. The van der Waals surface area contributed by atoms with E-state index in [1.165, 1.54) is 24.1 Å². The number of methoxy groups -OCH3 is 1. The Balaban J connectivity index is 2.47. The normalized spacial score (nSPS) is 14.1. The lowest BCUT2D eigenvalue weighted by molar-refractivity contribution is -0.384. The number of anilines is 1. The van der Waals surface area contributed by atoms with Crippen LogP contribution in [0.4, 0.5) is 11.4 Å². The molecule has 0 fully saturated rings. The molecule has 0 saturated carbocycles. The van der Waals surface area contributed by atoms with Crippen molar-refractivity contribution >= 4 is 23.3 Å². The first-order valence-electron chi connectivity index (χ1n) is 7.13. The summed E-state index contributed by atoms with van der Waals surface area (Å²) in [5.41, 5.74) is 0.466. The summed E-state index contributed by atoms with van der Waals surface area (Å²) in [5.74, 6) is -1.23. The van der Waals surface area contributed by atoms with Gasteiger partial charge in [0.15, 0.2) is 0 Å². The fourth-order valence-electron chi connectivity index (χ4n) is 2.44. The van der Waals surface area contributed by atoms with E-state index in [2.05, 4.69) is 10.1 Å². The number of nitrogens with zero attached hydrogens (tertiary/aromatic N) is 2. The minimum Gasteiger partial charge on any atom is -0.466 e. The molecule has 0 aromatic heterocycles. The number of amides is 1. The predicted octanol–water partition coefficient (Wildman–Crippen LogP) is 0.577. The van der Waals surface area contributed by atoms with Gasteiger partial charge in [0, 0.05) is 12.6 Å². The van der Waals surface area contributed by atoms with Gasteiger partial charge in [0.1, 0.15) is 11.4 Å². The third kappa shape index (κ3) is 3.20. The number of aliphatic hydroxyl groups is 1. The number of esters is 1. The van der Waals surface area contributed by atoms with E-state index in [-0.39, 0.29) is 42.3 Å². The van der Waals surface area contributed by atoms with E-state index in [0.717, 1.165) is 0 Å². The zero-order valence-electron chi connectivity index (χ0n) is 13.2. The van der Waals surface area contributed by atoms with Crippen LogP contribution in [0.3, 0.4) is 0 Å². The molecule has 0 atom stereocenters. The Kier molecular flexibility index (Phi) is 5.14. The van der Waals surface area contributed by atoms with Crippen molar-refractivity contribution in [2.45, 2.75) is 6.92 Å². The molecule has 0 unspecified atom stereocenters. The molecule has 9 nitrogen and oxygen atoms in total. The van der Waals surface area contributed by atoms with Crippen molar-refractivity contribution in [3.8, 4) is 0 Å². The topological polar surface area (TPSA) is 122 Å². The molecule has 1 amide bonds. The van der Waals surface area contributed by atoms with Gasteiger partial charge in [-0.05, 0) is 12.5 Å². The number of nitro benzene ring substituents is 1. The maximum absolute atomic E-state index is 12.4. The zero-order valence-corrected chi connectivity index (χ0v) is 13.2. The van der Waals surface area contributed by atoms with Crippen LogP contribution in [0.15, 0.2) is 29.5 Å². The summed E-state index contributed by atoms with van der Waals surface area (Å²) in [6.45, 7) is 1.39. The van der Waals surface area contributed by atoms with Gasteiger partial charge in [-0.1, -0.05) is 12.1 Å². The summed E-state index contributed by atoms with van der Waals surface area (Å²) in [7, 11) is 1.18. The van der Waals surface area contributed by atoms with Crippen molar-refractivity contribution in [1.82, 2.24) is 4.90 Å². The number of hydrogen-bond acceptors (Lipinski definition) is 7. The van der Waals surface area contributed by atoms with Gasteiger partial charge in [0.25, 0.3) is 11.6 Å². The van der Waals surface area contributed by atoms with Crippen LogP contribution in [0.25, 0.3) is 0 Å².